The monoisotopic (exact) mass is 530 g/mol. The number of ether oxygens (including phenoxy) is 1. The summed E-state index contributed by atoms with van der Waals surface area (Å²) in [5.74, 6) is 1.43. The van der Waals surface area contributed by atoms with Crippen molar-refractivity contribution in [3.05, 3.63) is 48.4 Å². The van der Waals surface area contributed by atoms with Gasteiger partial charge in [-0.05, 0) is 62.4 Å². The summed E-state index contributed by atoms with van der Waals surface area (Å²) in [6.07, 6.45) is 12.1. The molecule has 1 unspecified atom stereocenters. The van der Waals surface area contributed by atoms with Gasteiger partial charge in [-0.25, -0.2) is 9.97 Å². The smallest absolute Gasteiger partial charge is 0.246 e. The van der Waals surface area contributed by atoms with Gasteiger partial charge in [-0.15, -0.1) is 11.3 Å². The number of anilines is 1. The van der Waals surface area contributed by atoms with Crippen molar-refractivity contribution in [1.29, 1.82) is 0 Å². The summed E-state index contributed by atoms with van der Waals surface area (Å²) in [4.78, 5) is 27.4. The zero-order valence-electron chi connectivity index (χ0n) is 22.0. The molecule has 1 atom stereocenters. The first-order valence-electron chi connectivity index (χ1n) is 13.4. The minimum atomic E-state index is 0.0855. The standard InChI is InChI=1S/C29H34N6O2S/c1-19-13-20-15-24(38-27(20)23(14-19)37-2)22-17-35(29-26(22)28(30)31-18-32-29)21-8-12-34(16-21)25(36)7-6-11-33-9-4-3-5-10-33/h6-7,13-15,17-18,21H,3-5,8-12,16H2,1-2H3,(H2,30,31,32)/b7-6+. The maximum atomic E-state index is 13.0. The quantitative estimate of drug-likeness (QED) is 0.352. The van der Waals surface area contributed by atoms with E-state index in [-0.39, 0.29) is 11.9 Å². The molecule has 9 heteroatoms. The van der Waals surface area contributed by atoms with Crippen molar-refractivity contribution in [3.63, 3.8) is 0 Å². The van der Waals surface area contributed by atoms with Crippen molar-refractivity contribution < 1.29 is 9.53 Å². The molecular weight excluding hydrogens is 496 g/mol. The minimum Gasteiger partial charge on any atom is -0.495 e. The number of likely N-dealkylation sites (tertiary alicyclic amines) is 2. The average molecular weight is 531 g/mol. The van der Waals surface area contributed by atoms with E-state index in [9.17, 15) is 4.79 Å². The fraction of sp³-hybridized carbons (Fsp3) is 0.414. The van der Waals surface area contributed by atoms with E-state index in [4.69, 9.17) is 10.5 Å². The molecule has 1 amide bonds. The predicted octanol–water partition coefficient (Wildman–Crippen LogP) is 5.03. The minimum absolute atomic E-state index is 0.0855. The number of benzene rings is 1. The zero-order chi connectivity index (χ0) is 26.2. The van der Waals surface area contributed by atoms with Gasteiger partial charge in [0.15, 0.2) is 0 Å². The number of piperidine rings is 1. The SMILES string of the molecule is COc1cc(C)cc2cc(-c3cn(C4CCN(C(=O)/C=C/CN5CCCCC5)C4)c4ncnc(N)c34)sc12. The molecule has 1 aromatic carbocycles. The topological polar surface area (TPSA) is 89.5 Å². The Balaban J connectivity index is 1.27. The number of fused-ring (bicyclic) bond motifs is 2. The summed E-state index contributed by atoms with van der Waals surface area (Å²) in [7, 11) is 1.71. The molecule has 38 heavy (non-hydrogen) atoms. The van der Waals surface area contributed by atoms with E-state index in [1.165, 1.54) is 25.6 Å². The summed E-state index contributed by atoms with van der Waals surface area (Å²) in [5.41, 5.74) is 9.40. The number of amides is 1. The van der Waals surface area contributed by atoms with E-state index in [2.05, 4.69) is 50.8 Å². The highest BCUT2D eigenvalue weighted by atomic mass is 32.1. The molecule has 2 aliphatic rings. The molecule has 0 spiro atoms. The number of nitrogens with two attached hydrogens (primary N) is 1. The van der Waals surface area contributed by atoms with Gasteiger partial charge in [0.05, 0.1) is 23.2 Å². The molecule has 6 rings (SSSR count). The predicted molar refractivity (Wildman–Crippen MR) is 154 cm³/mol. The van der Waals surface area contributed by atoms with Crippen molar-refractivity contribution in [1.82, 2.24) is 24.3 Å². The Morgan fingerprint density at radius 1 is 1.18 bits per heavy atom. The molecule has 2 fully saturated rings. The maximum Gasteiger partial charge on any atom is 0.246 e. The number of hydrogen-bond donors (Lipinski definition) is 1. The van der Waals surface area contributed by atoms with Crippen LogP contribution in [0.15, 0.2) is 42.9 Å². The first-order chi connectivity index (χ1) is 18.5. The number of rotatable bonds is 6. The van der Waals surface area contributed by atoms with Crippen LogP contribution in [0.3, 0.4) is 0 Å². The van der Waals surface area contributed by atoms with Crippen LogP contribution in [0.2, 0.25) is 0 Å². The van der Waals surface area contributed by atoms with Crippen molar-refractivity contribution in [2.45, 2.75) is 38.6 Å². The lowest BCUT2D eigenvalue weighted by molar-refractivity contribution is -0.125. The second-order valence-corrected chi connectivity index (χ2v) is 11.4. The number of aromatic nitrogens is 3. The third-order valence-electron chi connectivity index (χ3n) is 7.79. The van der Waals surface area contributed by atoms with Crippen molar-refractivity contribution >= 4 is 44.2 Å². The fourth-order valence-electron chi connectivity index (χ4n) is 5.84. The second-order valence-electron chi connectivity index (χ2n) is 10.4. The molecule has 0 aliphatic carbocycles. The number of aryl methyl sites for hydroxylation is 1. The molecule has 198 valence electrons. The summed E-state index contributed by atoms with van der Waals surface area (Å²) in [5, 5.41) is 2.01. The largest absolute Gasteiger partial charge is 0.495 e. The van der Waals surface area contributed by atoms with E-state index in [1.807, 2.05) is 11.0 Å². The molecule has 4 aromatic rings. The van der Waals surface area contributed by atoms with Gasteiger partial charge in [-0.2, -0.15) is 0 Å². The van der Waals surface area contributed by atoms with Crippen LogP contribution in [-0.2, 0) is 4.79 Å². The van der Waals surface area contributed by atoms with Crippen LogP contribution >= 0.6 is 11.3 Å². The number of thiophene rings is 1. The summed E-state index contributed by atoms with van der Waals surface area (Å²) in [6.45, 7) is 6.57. The number of carbonyl (C=O) groups is 1. The Morgan fingerprint density at radius 2 is 2.03 bits per heavy atom. The first kappa shape index (κ1) is 24.9. The highest BCUT2D eigenvalue weighted by Crippen LogP contribution is 2.43. The molecular formula is C29H34N6O2S. The highest BCUT2D eigenvalue weighted by molar-refractivity contribution is 7.22. The Bertz CT molecular complexity index is 1520. The molecule has 0 saturated carbocycles. The lowest BCUT2D eigenvalue weighted by Gasteiger charge is -2.24. The van der Waals surface area contributed by atoms with Crippen LogP contribution < -0.4 is 10.5 Å². The van der Waals surface area contributed by atoms with Gasteiger partial charge in [0.2, 0.25) is 5.91 Å². The van der Waals surface area contributed by atoms with Crippen LogP contribution in [0.1, 0.15) is 37.3 Å². The molecule has 0 radical (unpaired) electrons. The molecule has 2 saturated heterocycles. The van der Waals surface area contributed by atoms with Gasteiger partial charge in [-0.1, -0.05) is 18.6 Å². The number of nitrogen functional groups attached to an aromatic ring is 1. The van der Waals surface area contributed by atoms with Crippen molar-refractivity contribution in [2.24, 2.45) is 0 Å². The maximum absolute atomic E-state index is 13.0. The third kappa shape index (κ3) is 4.65. The number of carbonyl (C=O) groups excluding carboxylic acids is 1. The first-order valence-corrected chi connectivity index (χ1v) is 14.2. The lowest BCUT2D eigenvalue weighted by atomic mass is 10.1. The van der Waals surface area contributed by atoms with Crippen LogP contribution in [0.5, 0.6) is 5.75 Å². The summed E-state index contributed by atoms with van der Waals surface area (Å²) >= 11 is 1.69. The third-order valence-corrected chi connectivity index (χ3v) is 8.99. The summed E-state index contributed by atoms with van der Waals surface area (Å²) < 4.78 is 8.97. The van der Waals surface area contributed by atoms with Gasteiger partial charge < -0.3 is 19.9 Å². The van der Waals surface area contributed by atoms with Gasteiger partial charge >= 0.3 is 0 Å². The van der Waals surface area contributed by atoms with Crippen LogP contribution in [0.4, 0.5) is 5.82 Å². The molecule has 0 bridgehead atoms. The number of hydrogen-bond acceptors (Lipinski definition) is 7. The van der Waals surface area contributed by atoms with Crippen LogP contribution in [0, 0.1) is 6.92 Å². The van der Waals surface area contributed by atoms with E-state index < -0.39 is 0 Å². The van der Waals surface area contributed by atoms with E-state index in [0.29, 0.717) is 12.4 Å². The van der Waals surface area contributed by atoms with Gasteiger partial charge in [0, 0.05) is 42.3 Å². The Labute approximate surface area is 226 Å². The van der Waals surface area contributed by atoms with Crippen LogP contribution in [-0.4, -0.2) is 70.1 Å². The number of methoxy groups -OCH3 is 1. The Hall–Kier alpha value is -3.43. The lowest BCUT2D eigenvalue weighted by Crippen LogP contribution is -2.30. The zero-order valence-corrected chi connectivity index (χ0v) is 22.8. The van der Waals surface area contributed by atoms with Gasteiger partial charge in [0.1, 0.15) is 23.5 Å². The average Bonchev–Trinajstić information content (AvgIpc) is 3.66. The Morgan fingerprint density at radius 3 is 2.84 bits per heavy atom. The van der Waals surface area contributed by atoms with E-state index in [0.717, 1.165) is 75.5 Å². The molecule has 8 nitrogen and oxygen atoms in total. The number of nitrogens with zero attached hydrogens (tertiary/aromatic N) is 5. The van der Waals surface area contributed by atoms with Crippen molar-refractivity contribution in [3.8, 4) is 16.2 Å². The summed E-state index contributed by atoms with van der Waals surface area (Å²) in [6, 6.07) is 6.56. The van der Waals surface area contributed by atoms with Crippen LogP contribution in [0.25, 0.3) is 31.6 Å². The normalized spacial score (nSPS) is 18.8. The van der Waals surface area contributed by atoms with E-state index >= 15 is 0 Å². The second kappa shape index (κ2) is 10.4. The van der Waals surface area contributed by atoms with Gasteiger partial charge in [0.25, 0.3) is 0 Å². The molecule has 5 heterocycles. The fourth-order valence-corrected chi connectivity index (χ4v) is 6.99. The van der Waals surface area contributed by atoms with E-state index in [1.54, 1.807) is 24.5 Å². The molecule has 3 aromatic heterocycles. The van der Waals surface area contributed by atoms with Gasteiger partial charge in [-0.3, -0.25) is 9.69 Å². The molecule has 2 N–H and O–H groups in total. The highest BCUT2D eigenvalue weighted by Gasteiger charge is 2.29. The molecule has 2 aliphatic heterocycles. The Kier molecular flexibility index (Phi) is 6.80. The van der Waals surface area contributed by atoms with Crippen molar-refractivity contribution in [2.75, 3.05) is 45.6 Å².